The van der Waals surface area contributed by atoms with Crippen molar-refractivity contribution in [2.45, 2.75) is 47.3 Å². The number of allylic oxidation sites excluding steroid dienone is 2. The van der Waals surface area contributed by atoms with Crippen molar-refractivity contribution in [3.63, 3.8) is 0 Å². The highest BCUT2D eigenvalue weighted by atomic mass is 35.6. The van der Waals surface area contributed by atoms with E-state index in [4.69, 9.17) is 34.8 Å². The number of halogens is 9. The van der Waals surface area contributed by atoms with Gasteiger partial charge in [-0.3, -0.25) is 14.6 Å². The van der Waals surface area contributed by atoms with Gasteiger partial charge in [0.05, 0.1) is 23.0 Å². The normalized spacial score (nSPS) is 18.4. The fourth-order valence-electron chi connectivity index (χ4n) is 6.00. The zero-order valence-corrected chi connectivity index (χ0v) is 30.0. The highest BCUT2D eigenvalue weighted by Crippen LogP contribution is 2.47. The van der Waals surface area contributed by atoms with Gasteiger partial charge in [-0.2, -0.15) is 26.3 Å². The fraction of sp³-hybridized carbons (Fsp3) is 0.286. The van der Waals surface area contributed by atoms with Gasteiger partial charge in [0.15, 0.2) is 0 Å². The third kappa shape index (κ3) is 9.49. The second-order valence-corrected chi connectivity index (χ2v) is 16.7. The van der Waals surface area contributed by atoms with Crippen LogP contribution in [0.25, 0.3) is 0 Å². The Bertz CT molecular complexity index is 1790. The highest BCUT2D eigenvalue weighted by molar-refractivity contribution is 8.03. The van der Waals surface area contributed by atoms with E-state index < -0.39 is 32.7 Å². The number of nitrogens with zero attached hydrogens (tertiary/aromatic N) is 2. The predicted octanol–water partition coefficient (Wildman–Crippen LogP) is 10.4. The molecule has 1 saturated heterocycles. The van der Waals surface area contributed by atoms with E-state index in [1.807, 2.05) is 12.2 Å². The van der Waals surface area contributed by atoms with Gasteiger partial charge in [-0.05, 0) is 59.5 Å². The van der Waals surface area contributed by atoms with Gasteiger partial charge in [-0.1, -0.05) is 89.4 Å². The minimum atomic E-state index is -4.57. The number of fused-ring (bicyclic) bond motifs is 1. The van der Waals surface area contributed by atoms with Crippen LogP contribution in [0.2, 0.25) is 0 Å². The van der Waals surface area contributed by atoms with Crippen molar-refractivity contribution < 1.29 is 41.0 Å². The summed E-state index contributed by atoms with van der Waals surface area (Å²) in [4.78, 5) is 28.2. The summed E-state index contributed by atoms with van der Waals surface area (Å²) in [5.74, 6) is -1.07. The maximum absolute atomic E-state index is 13.6. The molecule has 3 heterocycles. The third-order valence-corrected chi connectivity index (χ3v) is 10.7. The van der Waals surface area contributed by atoms with Crippen LogP contribution in [0.1, 0.15) is 62.8 Å². The van der Waals surface area contributed by atoms with E-state index in [2.05, 4.69) is 4.98 Å². The number of hydrogen-bond acceptors (Lipinski definition) is 6. The summed E-state index contributed by atoms with van der Waals surface area (Å²) in [5.41, 5.74) is -0.444. The molecule has 4 aromatic rings. The molecule has 6 rings (SSSR count). The van der Waals surface area contributed by atoms with Crippen LogP contribution in [0.5, 0.6) is 0 Å². The fourth-order valence-corrected chi connectivity index (χ4v) is 8.38. The summed E-state index contributed by atoms with van der Waals surface area (Å²) in [7, 11) is 0. The van der Waals surface area contributed by atoms with Crippen molar-refractivity contribution in [3.05, 3.63) is 134 Å². The number of imide groups is 1. The van der Waals surface area contributed by atoms with Crippen molar-refractivity contribution in [2.75, 3.05) is 0 Å². The first kappa shape index (κ1) is 39.1. The molecule has 0 spiro atoms. The van der Waals surface area contributed by atoms with Crippen molar-refractivity contribution in [1.29, 1.82) is 0 Å². The van der Waals surface area contributed by atoms with Crippen molar-refractivity contribution in [1.82, 2.24) is 9.29 Å². The first-order valence-electron chi connectivity index (χ1n) is 15.2. The van der Waals surface area contributed by atoms with E-state index in [0.717, 1.165) is 27.8 Å². The van der Waals surface area contributed by atoms with E-state index in [1.165, 1.54) is 48.8 Å². The van der Waals surface area contributed by atoms with Crippen LogP contribution in [0.3, 0.4) is 0 Å². The number of amides is 2. The van der Waals surface area contributed by atoms with Gasteiger partial charge in [0, 0.05) is 46.8 Å². The van der Waals surface area contributed by atoms with Gasteiger partial charge in [0.2, 0.25) is 11.8 Å². The zero-order chi connectivity index (χ0) is 37.1. The Labute approximate surface area is 312 Å². The number of hydrogen-bond donors (Lipinski definition) is 1. The van der Waals surface area contributed by atoms with Crippen LogP contribution < -0.4 is 0 Å². The van der Waals surface area contributed by atoms with E-state index in [-0.39, 0.29) is 47.6 Å². The van der Waals surface area contributed by atoms with E-state index in [9.17, 15) is 41.0 Å². The van der Waals surface area contributed by atoms with E-state index in [0.29, 0.717) is 46.4 Å². The number of aliphatic hydroxyl groups excluding tert-OH is 1. The Balaban J connectivity index is 0.000000262. The average Bonchev–Trinajstić information content (AvgIpc) is 3.57. The Morgan fingerprint density at radius 3 is 1.82 bits per heavy atom. The molecule has 5 nitrogen and oxygen atoms in total. The molecule has 3 atom stereocenters. The molecule has 51 heavy (non-hydrogen) atoms. The Hall–Kier alpha value is -3.07. The lowest BCUT2D eigenvalue weighted by atomic mass is 9.85. The average molecular weight is 808 g/mol. The standard InChI is InChI=1S/C26H19F6NOS.C9H8Cl3NO2S/c27-25(28,29)20-9-3-1-6-16(20)12-19-15-35-22(23(19)24(34)18-8-5-11-33-14-18)13-17-7-2-4-10-21(17)26(30,31)32;10-9(11,12)16-13-7(14)5-3-1-2-4-6(5)8(13)15/h1-11,14-15,24,34H,12-13H2;1-2,5-6H,3-4H2. The number of carbonyl (C=O) groups excluding carboxylic acids is 2. The Morgan fingerprint density at radius 2 is 1.33 bits per heavy atom. The van der Waals surface area contributed by atoms with E-state index >= 15 is 0 Å². The molecule has 2 aromatic heterocycles. The van der Waals surface area contributed by atoms with Crippen LogP contribution in [0.15, 0.2) is 90.6 Å². The molecular formula is C35H27Cl3F6N2O3S2. The third-order valence-electron chi connectivity index (χ3n) is 8.30. The maximum atomic E-state index is 13.6. The summed E-state index contributed by atoms with van der Waals surface area (Å²) in [6, 6.07) is 13.5. The molecule has 1 aliphatic heterocycles. The Kier molecular flexibility index (Phi) is 12.2. The molecule has 0 saturated carbocycles. The molecule has 2 aromatic carbocycles. The largest absolute Gasteiger partial charge is 0.416 e. The number of rotatable bonds is 7. The first-order valence-corrected chi connectivity index (χ1v) is 18.0. The van der Waals surface area contributed by atoms with Gasteiger partial charge >= 0.3 is 12.4 Å². The second-order valence-electron chi connectivity index (χ2n) is 11.6. The molecule has 16 heteroatoms. The predicted molar refractivity (Wildman–Crippen MR) is 186 cm³/mol. The second kappa shape index (κ2) is 15.9. The van der Waals surface area contributed by atoms with Crippen LogP contribution in [0, 0.1) is 11.8 Å². The Morgan fingerprint density at radius 1 is 0.804 bits per heavy atom. The minimum Gasteiger partial charge on any atom is -0.384 e. The van der Waals surface area contributed by atoms with Crippen LogP contribution in [-0.2, 0) is 34.8 Å². The molecule has 270 valence electrons. The van der Waals surface area contributed by atoms with Gasteiger partial charge in [-0.25, -0.2) is 4.31 Å². The van der Waals surface area contributed by atoms with Crippen molar-refractivity contribution in [2.24, 2.45) is 11.8 Å². The lowest BCUT2D eigenvalue weighted by Crippen LogP contribution is -2.26. The molecule has 2 aliphatic rings. The van der Waals surface area contributed by atoms with Crippen LogP contribution in [0.4, 0.5) is 26.3 Å². The molecule has 0 bridgehead atoms. The van der Waals surface area contributed by atoms with Crippen molar-refractivity contribution in [3.8, 4) is 0 Å². The highest BCUT2D eigenvalue weighted by Gasteiger charge is 2.50. The molecule has 2 amide bonds. The number of pyridine rings is 1. The SMILES string of the molecule is O=C1C2CC=CCC2C(=O)N1SC(Cl)(Cl)Cl.OC(c1cccnc1)c1c(Cc2ccccc2C(F)(F)F)csc1Cc1ccccc1C(F)(F)F. The van der Waals surface area contributed by atoms with Crippen LogP contribution >= 0.6 is 58.1 Å². The summed E-state index contributed by atoms with van der Waals surface area (Å²) in [6.07, 6.45) is -2.74. The molecule has 1 N–H and O–H groups in total. The molecular weight excluding hydrogens is 781 g/mol. The number of thiophene rings is 1. The topological polar surface area (TPSA) is 70.5 Å². The minimum absolute atomic E-state index is 0.0136. The number of carbonyl (C=O) groups is 2. The maximum Gasteiger partial charge on any atom is 0.416 e. The number of benzene rings is 2. The monoisotopic (exact) mass is 806 g/mol. The lowest BCUT2D eigenvalue weighted by Gasteiger charge is -2.18. The summed E-state index contributed by atoms with van der Waals surface area (Å²) in [6.45, 7) is 0. The number of aromatic nitrogens is 1. The van der Waals surface area contributed by atoms with Crippen LogP contribution in [-0.4, -0.2) is 29.3 Å². The molecule has 0 radical (unpaired) electrons. The summed E-state index contributed by atoms with van der Waals surface area (Å²) in [5, 5.41) is 12.8. The van der Waals surface area contributed by atoms with Gasteiger partial charge in [-0.15, -0.1) is 11.3 Å². The number of alkyl halides is 9. The summed E-state index contributed by atoms with van der Waals surface area (Å²) >= 11 is 18.5. The quantitative estimate of drug-likeness (QED) is 0.0662. The molecule has 1 aliphatic carbocycles. The zero-order valence-electron chi connectivity index (χ0n) is 26.1. The van der Waals surface area contributed by atoms with Crippen molar-refractivity contribution >= 4 is 69.9 Å². The van der Waals surface area contributed by atoms with Gasteiger partial charge in [0.1, 0.15) is 6.10 Å². The summed E-state index contributed by atoms with van der Waals surface area (Å²) < 4.78 is 80.7. The molecule has 1 fully saturated rings. The van der Waals surface area contributed by atoms with Gasteiger partial charge in [0.25, 0.3) is 3.12 Å². The smallest absolute Gasteiger partial charge is 0.384 e. The molecule has 3 unspecified atom stereocenters. The van der Waals surface area contributed by atoms with E-state index in [1.54, 1.807) is 17.5 Å². The first-order chi connectivity index (χ1) is 24.0. The van der Waals surface area contributed by atoms with Gasteiger partial charge < -0.3 is 5.11 Å². The number of aliphatic hydroxyl groups is 1. The lowest BCUT2D eigenvalue weighted by molar-refractivity contribution is -0.139.